The van der Waals surface area contributed by atoms with Crippen molar-refractivity contribution < 1.29 is 34.4 Å². The Hall–Kier alpha value is -4.97. The van der Waals surface area contributed by atoms with Crippen LogP contribution in [0.4, 0.5) is 0 Å². The number of aromatic hydroxyl groups is 4. The third-order valence-electron chi connectivity index (χ3n) is 4.62. The molecule has 158 valence electrons. The summed E-state index contributed by atoms with van der Waals surface area (Å²) in [5.74, 6) is -3.93. The normalized spacial score (nSPS) is 10.6. The zero-order valence-electron chi connectivity index (χ0n) is 16.1. The molecular weight excluding hydrogens is 418 g/mol. The molecule has 0 unspecified atom stereocenters. The molecule has 0 radical (unpaired) electrons. The van der Waals surface area contributed by atoms with Crippen molar-refractivity contribution in [2.24, 2.45) is 0 Å². The van der Waals surface area contributed by atoms with Crippen molar-refractivity contribution in [3.8, 4) is 46.1 Å². The van der Waals surface area contributed by atoms with E-state index in [4.69, 9.17) is 9.15 Å². The van der Waals surface area contributed by atoms with Gasteiger partial charge in [-0.05, 0) is 30.3 Å². The van der Waals surface area contributed by atoms with E-state index in [9.17, 15) is 35.3 Å². The molecule has 0 atom stereocenters. The monoisotopic (exact) mass is 431 g/mol. The predicted molar refractivity (Wildman–Crippen MR) is 111 cm³/mol. The number of ether oxygens (including phenoxy) is 1. The molecule has 0 aliphatic heterocycles. The Morgan fingerprint density at radius 1 is 0.938 bits per heavy atom. The molecule has 0 bridgehead atoms. The second kappa shape index (κ2) is 7.70. The Balaban J connectivity index is 1.98. The molecule has 4 N–H and O–H groups in total. The number of hydrogen-bond donors (Lipinski definition) is 4. The number of rotatable bonds is 3. The van der Waals surface area contributed by atoms with E-state index in [0.29, 0.717) is 0 Å². The zero-order chi connectivity index (χ0) is 23.0. The second-order valence-electron chi connectivity index (χ2n) is 6.68. The largest absolute Gasteiger partial charge is 0.508 e. The van der Waals surface area contributed by atoms with Gasteiger partial charge in [0, 0.05) is 17.7 Å². The molecule has 0 fully saturated rings. The Labute approximate surface area is 179 Å². The van der Waals surface area contributed by atoms with E-state index in [-0.39, 0.29) is 39.2 Å². The van der Waals surface area contributed by atoms with Crippen LogP contribution in [0.1, 0.15) is 15.9 Å². The highest BCUT2D eigenvalue weighted by molar-refractivity contribution is 5.95. The number of nitrogens with zero attached hydrogens (tertiary/aromatic N) is 1. The number of phenols is 4. The maximum Gasteiger partial charge on any atom is 0.345 e. The van der Waals surface area contributed by atoms with Crippen LogP contribution in [0.25, 0.3) is 22.3 Å². The molecular formula is C23H13NO8. The Kier molecular flexibility index (Phi) is 4.88. The molecule has 1 aromatic heterocycles. The number of benzene rings is 3. The van der Waals surface area contributed by atoms with Crippen LogP contribution in [0.15, 0.2) is 63.8 Å². The molecule has 1 heterocycles. The van der Waals surface area contributed by atoms with Crippen molar-refractivity contribution in [3.63, 3.8) is 0 Å². The van der Waals surface area contributed by atoms with E-state index in [1.165, 1.54) is 24.3 Å². The van der Waals surface area contributed by atoms with Gasteiger partial charge in [0.25, 0.3) is 0 Å². The summed E-state index contributed by atoms with van der Waals surface area (Å²) in [6.45, 7) is 0. The lowest BCUT2D eigenvalue weighted by molar-refractivity contribution is 0.0731. The highest BCUT2D eigenvalue weighted by Crippen LogP contribution is 2.38. The van der Waals surface area contributed by atoms with E-state index in [1.54, 1.807) is 6.07 Å². The molecule has 32 heavy (non-hydrogen) atoms. The van der Waals surface area contributed by atoms with E-state index in [2.05, 4.69) is 0 Å². The molecule has 0 saturated carbocycles. The molecule has 9 nitrogen and oxygen atoms in total. The molecule has 0 spiro atoms. The van der Waals surface area contributed by atoms with E-state index in [1.807, 2.05) is 6.07 Å². The second-order valence-corrected chi connectivity index (χ2v) is 6.68. The molecule has 0 aliphatic carbocycles. The highest BCUT2D eigenvalue weighted by atomic mass is 16.5. The number of carbonyl (C=O) groups is 1. The van der Waals surface area contributed by atoms with Gasteiger partial charge in [0.05, 0.1) is 11.1 Å². The minimum Gasteiger partial charge on any atom is -0.508 e. The van der Waals surface area contributed by atoms with Gasteiger partial charge in [0.15, 0.2) is 17.3 Å². The standard InChI is InChI=1S/C23H13NO8/c24-10-12-3-1-2-4-14(12)23(30)32-22-20(29)19-17(28)8-13(25)9-18(19)31-21(22)11-5-6-15(26)16(27)7-11/h1-9,25-28H. The molecule has 0 aliphatic rings. The van der Waals surface area contributed by atoms with Crippen molar-refractivity contribution in [3.05, 3.63) is 75.9 Å². The lowest BCUT2D eigenvalue weighted by Crippen LogP contribution is -2.17. The van der Waals surface area contributed by atoms with Crippen molar-refractivity contribution in [2.75, 3.05) is 0 Å². The van der Waals surface area contributed by atoms with Crippen LogP contribution in [0.3, 0.4) is 0 Å². The number of esters is 1. The van der Waals surface area contributed by atoms with Crippen molar-refractivity contribution in [1.82, 2.24) is 0 Å². The SMILES string of the molecule is N#Cc1ccccc1C(=O)Oc1c(-c2ccc(O)c(O)c2)oc2cc(O)cc(O)c2c1=O. The van der Waals surface area contributed by atoms with Crippen LogP contribution in [-0.4, -0.2) is 26.4 Å². The molecule has 4 rings (SSSR count). The summed E-state index contributed by atoms with van der Waals surface area (Å²) in [7, 11) is 0. The first-order valence-electron chi connectivity index (χ1n) is 9.06. The van der Waals surface area contributed by atoms with E-state index >= 15 is 0 Å². The first-order chi connectivity index (χ1) is 15.3. The van der Waals surface area contributed by atoms with Gasteiger partial charge in [-0.25, -0.2) is 4.79 Å². The molecule has 9 heteroatoms. The van der Waals surface area contributed by atoms with Crippen molar-refractivity contribution in [1.29, 1.82) is 5.26 Å². The average Bonchev–Trinajstić information content (AvgIpc) is 2.76. The third kappa shape index (κ3) is 3.42. The Morgan fingerprint density at radius 3 is 2.41 bits per heavy atom. The van der Waals surface area contributed by atoms with Gasteiger partial charge in [-0.15, -0.1) is 0 Å². The Bertz CT molecular complexity index is 1500. The van der Waals surface area contributed by atoms with Gasteiger partial charge in [-0.2, -0.15) is 5.26 Å². The van der Waals surface area contributed by atoms with Crippen LogP contribution in [0, 0.1) is 11.3 Å². The topological polar surface area (TPSA) is 161 Å². The molecule has 0 saturated heterocycles. The van der Waals surface area contributed by atoms with Gasteiger partial charge < -0.3 is 29.6 Å². The van der Waals surface area contributed by atoms with Crippen LogP contribution in [0.2, 0.25) is 0 Å². The number of fused-ring (bicyclic) bond motifs is 1. The smallest absolute Gasteiger partial charge is 0.345 e. The maximum absolute atomic E-state index is 13.2. The highest BCUT2D eigenvalue weighted by Gasteiger charge is 2.25. The van der Waals surface area contributed by atoms with Crippen LogP contribution >= 0.6 is 0 Å². The predicted octanol–water partition coefficient (Wildman–Crippen LogP) is 3.37. The van der Waals surface area contributed by atoms with E-state index < -0.39 is 34.4 Å². The maximum atomic E-state index is 13.2. The number of nitriles is 1. The van der Waals surface area contributed by atoms with Crippen LogP contribution < -0.4 is 10.2 Å². The first kappa shape index (κ1) is 20.3. The molecule has 3 aromatic carbocycles. The van der Waals surface area contributed by atoms with Crippen molar-refractivity contribution >= 4 is 16.9 Å². The lowest BCUT2D eigenvalue weighted by atomic mass is 10.1. The summed E-state index contributed by atoms with van der Waals surface area (Å²) in [5.41, 5.74) is -1.19. The van der Waals surface area contributed by atoms with E-state index in [0.717, 1.165) is 24.3 Å². The fourth-order valence-electron chi connectivity index (χ4n) is 3.12. The average molecular weight is 431 g/mol. The fourth-order valence-corrected chi connectivity index (χ4v) is 3.12. The molecule has 0 amide bonds. The summed E-state index contributed by atoms with van der Waals surface area (Å²) >= 11 is 0. The fraction of sp³-hybridized carbons (Fsp3) is 0. The van der Waals surface area contributed by atoms with Gasteiger partial charge in [-0.1, -0.05) is 12.1 Å². The number of phenolic OH excluding ortho intramolecular Hbond substituents is 4. The van der Waals surface area contributed by atoms with Crippen LogP contribution in [-0.2, 0) is 0 Å². The third-order valence-corrected chi connectivity index (χ3v) is 4.62. The van der Waals surface area contributed by atoms with Gasteiger partial charge in [0.2, 0.25) is 11.2 Å². The van der Waals surface area contributed by atoms with Crippen LogP contribution in [0.5, 0.6) is 28.7 Å². The quantitative estimate of drug-likeness (QED) is 0.281. The summed E-state index contributed by atoms with van der Waals surface area (Å²) in [5, 5.41) is 48.2. The van der Waals surface area contributed by atoms with Gasteiger partial charge in [0.1, 0.15) is 28.5 Å². The number of carbonyl (C=O) groups excluding carboxylic acids is 1. The molecule has 4 aromatic rings. The van der Waals surface area contributed by atoms with Gasteiger partial charge >= 0.3 is 5.97 Å². The summed E-state index contributed by atoms with van der Waals surface area (Å²) in [6, 6.07) is 13.1. The minimum absolute atomic E-state index is 0.0132. The first-order valence-corrected chi connectivity index (χ1v) is 9.06. The summed E-state index contributed by atoms with van der Waals surface area (Å²) < 4.78 is 11.0. The Morgan fingerprint density at radius 2 is 1.69 bits per heavy atom. The van der Waals surface area contributed by atoms with Gasteiger partial charge in [-0.3, -0.25) is 4.79 Å². The van der Waals surface area contributed by atoms with Crippen molar-refractivity contribution in [2.45, 2.75) is 0 Å². The lowest BCUT2D eigenvalue weighted by Gasteiger charge is -2.12. The summed E-state index contributed by atoms with van der Waals surface area (Å²) in [6.07, 6.45) is 0. The zero-order valence-corrected chi connectivity index (χ0v) is 16.1. The summed E-state index contributed by atoms with van der Waals surface area (Å²) in [4.78, 5) is 26.0. The minimum atomic E-state index is -1.03. The number of hydrogen-bond acceptors (Lipinski definition) is 9.